The molecule has 0 bridgehead atoms. The minimum atomic E-state index is -0.526. The fourth-order valence-corrected chi connectivity index (χ4v) is 3.11. The summed E-state index contributed by atoms with van der Waals surface area (Å²) in [6.07, 6.45) is -0.302. The Morgan fingerprint density at radius 1 is 1.19 bits per heavy atom. The molecule has 1 aliphatic heterocycles. The third-order valence-electron chi connectivity index (χ3n) is 4.33. The van der Waals surface area contributed by atoms with Crippen LogP contribution in [0.3, 0.4) is 0 Å². The molecule has 0 unspecified atom stereocenters. The molecular formula is C19H29N3O4. The van der Waals surface area contributed by atoms with Gasteiger partial charge < -0.3 is 20.1 Å². The van der Waals surface area contributed by atoms with E-state index in [9.17, 15) is 9.59 Å². The van der Waals surface area contributed by atoms with Gasteiger partial charge in [-0.15, -0.1) is 0 Å². The minimum absolute atomic E-state index is 0.302. The van der Waals surface area contributed by atoms with Gasteiger partial charge in [-0.25, -0.2) is 4.79 Å². The number of hydrogen-bond donors (Lipinski definition) is 1. The quantitative estimate of drug-likeness (QED) is 0.892. The molecule has 0 aromatic heterocycles. The topological polar surface area (TPSA) is 85.1 Å². The molecule has 1 aromatic rings. The van der Waals surface area contributed by atoms with Crippen LogP contribution in [-0.2, 0) is 4.74 Å². The first-order chi connectivity index (χ1) is 11.9. The fourth-order valence-electron chi connectivity index (χ4n) is 3.11. The molecular weight excluding hydrogens is 334 g/mol. The lowest BCUT2D eigenvalue weighted by Crippen LogP contribution is -2.61. The lowest BCUT2D eigenvalue weighted by molar-refractivity contribution is 0.000360. The van der Waals surface area contributed by atoms with Crippen molar-refractivity contribution in [3.63, 3.8) is 0 Å². The van der Waals surface area contributed by atoms with E-state index in [2.05, 4.69) is 4.90 Å². The van der Waals surface area contributed by atoms with E-state index in [1.807, 2.05) is 40.7 Å². The Labute approximate surface area is 155 Å². The van der Waals surface area contributed by atoms with Crippen LogP contribution in [-0.4, -0.2) is 54.8 Å². The number of rotatable bonds is 3. The van der Waals surface area contributed by atoms with Gasteiger partial charge in [0.25, 0.3) is 5.91 Å². The second-order valence-corrected chi connectivity index (χ2v) is 8.11. The molecule has 1 saturated heterocycles. The SMILES string of the molecule is COc1cc(N2CCN(C(=O)OC(C)(C)C)C(C)(C)C2)ccc1C(N)=O. The molecule has 1 aromatic carbocycles. The number of piperazine rings is 1. The van der Waals surface area contributed by atoms with Crippen molar-refractivity contribution >= 4 is 17.7 Å². The number of anilines is 1. The van der Waals surface area contributed by atoms with Crippen molar-refractivity contribution in [3.8, 4) is 5.75 Å². The first-order valence-electron chi connectivity index (χ1n) is 8.68. The molecule has 7 nitrogen and oxygen atoms in total. The normalized spacial score (nSPS) is 17.0. The monoisotopic (exact) mass is 363 g/mol. The van der Waals surface area contributed by atoms with Crippen LogP contribution in [0.5, 0.6) is 5.75 Å². The molecule has 0 saturated carbocycles. The van der Waals surface area contributed by atoms with Gasteiger partial charge in [-0.2, -0.15) is 0 Å². The van der Waals surface area contributed by atoms with Crippen molar-refractivity contribution in [1.29, 1.82) is 0 Å². The van der Waals surface area contributed by atoms with Crippen LogP contribution in [0.2, 0.25) is 0 Å². The molecule has 0 spiro atoms. The summed E-state index contributed by atoms with van der Waals surface area (Å²) < 4.78 is 10.8. The number of methoxy groups -OCH3 is 1. The van der Waals surface area contributed by atoms with Crippen molar-refractivity contribution in [2.45, 2.75) is 45.8 Å². The van der Waals surface area contributed by atoms with Crippen LogP contribution in [0.15, 0.2) is 18.2 Å². The number of carbonyl (C=O) groups excluding carboxylic acids is 2. The summed E-state index contributed by atoms with van der Waals surface area (Å²) in [5.74, 6) is -0.0779. The predicted molar refractivity (Wildman–Crippen MR) is 101 cm³/mol. The molecule has 7 heteroatoms. The van der Waals surface area contributed by atoms with Crippen molar-refractivity contribution in [2.24, 2.45) is 5.73 Å². The van der Waals surface area contributed by atoms with Gasteiger partial charge >= 0.3 is 6.09 Å². The van der Waals surface area contributed by atoms with Gasteiger partial charge in [0.2, 0.25) is 0 Å². The summed E-state index contributed by atoms with van der Waals surface area (Å²) >= 11 is 0. The molecule has 0 atom stereocenters. The van der Waals surface area contributed by atoms with Crippen molar-refractivity contribution in [2.75, 3.05) is 31.6 Å². The standard InChI is InChI=1S/C19H29N3O4/c1-18(2,3)26-17(24)22-10-9-21(12-19(22,4)5)13-7-8-14(16(20)23)15(11-13)25-6/h7-8,11H,9-10,12H2,1-6H3,(H2,20,23). The van der Waals surface area contributed by atoms with Gasteiger partial charge in [-0.1, -0.05) is 0 Å². The number of benzene rings is 1. The van der Waals surface area contributed by atoms with Gasteiger partial charge in [0.05, 0.1) is 18.2 Å². The third kappa shape index (κ3) is 4.39. The molecule has 0 radical (unpaired) electrons. The highest BCUT2D eigenvalue weighted by Gasteiger charge is 2.39. The summed E-state index contributed by atoms with van der Waals surface area (Å²) in [7, 11) is 1.51. The zero-order valence-electron chi connectivity index (χ0n) is 16.5. The second kappa shape index (κ2) is 7.05. The van der Waals surface area contributed by atoms with E-state index < -0.39 is 17.0 Å². The zero-order valence-corrected chi connectivity index (χ0v) is 16.5. The van der Waals surface area contributed by atoms with Crippen LogP contribution in [0, 0.1) is 0 Å². The Balaban J connectivity index is 2.19. The second-order valence-electron chi connectivity index (χ2n) is 8.11. The van der Waals surface area contributed by atoms with Crippen molar-refractivity contribution in [3.05, 3.63) is 23.8 Å². The van der Waals surface area contributed by atoms with E-state index in [1.165, 1.54) is 7.11 Å². The average Bonchev–Trinajstić information content (AvgIpc) is 2.51. The van der Waals surface area contributed by atoms with E-state index in [4.69, 9.17) is 15.2 Å². The van der Waals surface area contributed by atoms with E-state index in [0.29, 0.717) is 30.9 Å². The number of nitrogens with zero attached hydrogens (tertiary/aromatic N) is 2. The van der Waals surface area contributed by atoms with E-state index >= 15 is 0 Å². The fraction of sp³-hybridized carbons (Fsp3) is 0.579. The predicted octanol–water partition coefficient (Wildman–Crippen LogP) is 2.63. The van der Waals surface area contributed by atoms with Crippen LogP contribution >= 0.6 is 0 Å². The van der Waals surface area contributed by atoms with Crippen molar-refractivity contribution < 1.29 is 19.1 Å². The highest BCUT2D eigenvalue weighted by atomic mass is 16.6. The Bertz CT molecular complexity index is 695. The summed E-state index contributed by atoms with van der Waals surface area (Å²) in [5, 5.41) is 0. The Hall–Kier alpha value is -2.44. The highest BCUT2D eigenvalue weighted by molar-refractivity contribution is 5.96. The molecule has 2 amide bonds. The lowest BCUT2D eigenvalue weighted by Gasteiger charge is -2.47. The number of primary amides is 1. The average molecular weight is 363 g/mol. The summed E-state index contributed by atoms with van der Waals surface area (Å²) in [6.45, 7) is 11.4. The van der Waals surface area contributed by atoms with Crippen molar-refractivity contribution in [1.82, 2.24) is 4.90 Å². The molecule has 0 aliphatic carbocycles. The molecule has 2 rings (SSSR count). The molecule has 2 N–H and O–H groups in total. The van der Waals surface area contributed by atoms with Crippen LogP contribution < -0.4 is 15.4 Å². The van der Waals surface area contributed by atoms with E-state index in [0.717, 1.165) is 5.69 Å². The number of nitrogens with two attached hydrogens (primary N) is 1. The van der Waals surface area contributed by atoms with Crippen LogP contribution in [0.25, 0.3) is 0 Å². The maximum absolute atomic E-state index is 12.5. The van der Waals surface area contributed by atoms with Gasteiger partial charge in [-0.05, 0) is 46.8 Å². The van der Waals surface area contributed by atoms with Gasteiger partial charge in [0.1, 0.15) is 11.4 Å². The first-order valence-corrected chi connectivity index (χ1v) is 8.68. The minimum Gasteiger partial charge on any atom is -0.496 e. The molecule has 1 heterocycles. The van der Waals surface area contributed by atoms with Gasteiger partial charge in [0.15, 0.2) is 0 Å². The summed E-state index contributed by atoms with van der Waals surface area (Å²) in [5.41, 5.74) is 5.71. The van der Waals surface area contributed by atoms with Crippen LogP contribution in [0.1, 0.15) is 45.0 Å². The summed E-state index contributed by atoms with van der Waals surface area (Å²) in [6, 6.07) is 5.32. The first kappa shape index (κ1) is 19.9. The lowest BCUT2D eigenvalue weighted by atomic mass is 9.98. The number of ether oxygens (including phenoxy) is 2. The van der Waals surface area contributed by atoms with Gasteiger partial charge in [0, 0.05) is 31.4 Å². The Kier molecular flexibility index (Phi) is 5.39. The van der Waals surface area contributed by atoms with Crippen LogP contribution in [0.4, 0.5) is 10.5 Å². The van der Waals surface area contributed by atoms with E-state index in [-0.39, 0.29) is 6.09 Å². The Morgan fingerprint density at radius 3 is 2.35 bits per heavy atom. The summed E-state index contributed by atoms with van der Waals surface area (Å²) in [4.78, 5) is 27.9. The smallest absolute Gasteiger partial charge is 0.410 e. The number of carbonyl (C=O) groups is 2. The molecule has 1 fully saturated rings. The maximum Gasteiger partial charge on any atom is 0.410 e. The maximum atomic E-state index is 12.5. The molecule has 26 heavy (non-hydrogen) atoms. The highest BCUT2D eigenvalue weighted by Crippen LogP contribution is 2.30. The third-order valence-corrected chi connectivity index (χ3v) is 4.33. The Morgan fingerprint density at radius 2 is 1.85 bits per heavy atom. The van der Waals surface area contributed by atoms with E-state index in [1.54, 1.807) is 17.0 Å². The molecule has 144 valence electrons. The molecule has 1 aliphatic rings. The van der Waals surface area contributed by atoms with Gasteiger partial charge in [-0.3, -0.25) is 9.69 Å². The largest absolute Gasteiger partial charge is 0.496 e. The number of amides is 2. The number of hydrogen-bond acceptors (Lipinski definition) is 5. The zero-order chi connectivity index (χ0) is 19.7.